The van der Waals surface area contributed by atoms with Crippen molar-refractivity contribution in [3.05, 3.63) is 35.4 Å². The van der Waals surface area contributed by atoms with Crippen LogP contribution in [0, 0.1) is 11.6 Å². The van der Waals surface area contributed by atoms with Gasteiger partial charge in [-0.15, -0.1) is 0 Å². The molecule has 0 aliphatic carbocycles. The predicted molar refractivity (Wildman–Crippen MR) is 55.9 cm³/mol. The minimum absolute atomic E-state index is 0. The van der Waals surface area contributed by atoms with Crippen molar-refractivity contribution in [2.45, 2.75) is 23.4 Å². The summed E-state index contributed by atoms with van der Waals surface area (Å²) in [5.41, 5.74) is -2.43. The summed E-state index contributed by atoms with van der Waals surface area (Å²) in [4.78, 5) is 0. The molecule has 0 N–H and O–H groups in total. The molecule has 0 aromatic heterocycles. The molecule has 0 unspecified atom stereocenters. The van der Waals surface area contributed by atoms with Gasteiger partial charge in [-0.1, -0.05) is 0 Å². The fraction of sp³-hybridized carbons (Fsp3) is 0.400. The van der Waals surface area contributed by atoms with Crippen LogP contribution in [0.3, 0.4) is 0 Å². The van der Waals surface area contributed by atoms with E-state index in [1.807, 2.05) is 4.74 Å². The largest absolute Gasteiger partial charge is 1.00 e. The Morgan fingerprint density at radius 1 is 0.885 bits per heavy atom. The number of hydrogen-bond acceptors (Lipinski definition) is 4. The summed E-state index contributed by atoms with van der Waals surface area (Å²) < 4.78 is 162. The van der Waals surface area contributed by atoms with Crippen LogP contribution in [0.4, 0.5) is 43.9 Å². The molecule has 0 saturated carbocycles. The average molecular weight is 448 g/mol. The SMILES string of the molecule is O=S(=O)([O-])C(F)(F)C(F)(F)OC(F)(F)C(F)(F)c1ccc(F)cc1F.[K+]. The Hall–Kier alpha value is 0.0264. The van der Waals surface area contributed by atoms with Crippen LogP contribution >= 0.6 is 0 Å². The van der Waals surface area contributed by atoms with Gasteiger partial charge in [0.15, 0.2) is 10.1 Å². The Bertz CT molecular complexity index is 767. The van der Waals surface area contributed by atoms with E-state index in [-0.39, 0.29) is 69.6 Å². The van der Waals surface area contributed by atoms with Crippen LogP contribution in [-0.2, 0) is 20.8 Å². The molecule has 1 aromatic rings. The van der Waals surface area contributed by atoms with Crippen LogP contribution in [0.5, 0.6) is 0 Å². The first-order valence-corrected chi connectivity index (χ1v) is 6.90. The van der Waals surface area contributed by atoms with E-state index in [4.69, 9.17) is 0 Å². The molecule has 144 valence electrons. The second-order valence-electron chi connectivity index (χ2n) is 4.31. The molecule has 0 heterocycles. The van der Waals surface area contributed by atoms with Gasteiger partial charge in [-0.25, -0.2) is 21.9 Å². The first-order valence-electron chi connectivity index (χ1n) is 5.49. The van der Waals surface area contributed by atoms with Crippen molar-refractivity contribution < 1.29 is 113 Å². The van der Waals surface area contributed by atoms with Crippen molar-refractivity contribution in [3.63, 3.8) is 0 Å². The van der Waals surface area contributed by atoms with Crippen LogP contribution < -0.4 is 51.4 Å². The molecule has 1 rings (SSSR count). The number of ether oxygens (including phenoxy) is 1. The summed E-state index contributed by atoms with van der Waals surface area (Å²) in [7, 11) is -7.32. The third-order valence-corrected chi connectivity index (χ3v) is 3.41. The van der Waals surface area contributed by atoms with E-state index < -0.39 is 50.7 Å². The third-order valence-electron chi connectivity index (χ3n) is 2.54. The normalized spacial score (nSPS) is 14.1. The quantitative estimate of drug-likeness (QED) is 0.359. The van der Waals surface area contributed by atoms with Gasteiger partial charge in [0.2, 0.25) is 0 Å². The fourth-order valence-corrected chi connectivity index (χ4v) is 1.66. The van der Waals surface area contributed by atoms with Crippen LogP contribution in [-0.4, -0.2) is 30.4 Å². The monoisotopic (exact) mass is 448 g/mol. The molecule has 0 bridgehead atoms. The van der Waals surface area contributed by atoms with Gasteiger partial charge in [-0.3, -0.25) is 0 Å². The van der Waals surface area contributed by atoms with Gasteiger partial charge in [-0.2, -0.15) is 35.1 Å². The van der Waals surface area contributed by atoms with Crippen molar-refractivity contribution in [1.29, 1.82) is 0 Å². The zero-order valence-corrected chi connectivity index (χ0v) is 16.0. The van der Waals surface area contributed by atoms with Crippen molar-refractivity contribution in [3.8, 4) is 0 Å². The molecule has 0 fully saturated rings. The van der Waals surface area contributed by atoms with E-state index in [0.717, 1.165) is 0 Å². The predicted octanol–water partition coefficient (Wildman–Crippen LogP) is 0.401. The van der Waals surface area contributed by atoms with E-state index in [1.54, 1.807) is 0 Å². The van der Waals surface area contributed by atoms with Gasteiger partial charge in [0, 0.05) is 6.07 Å². The molecule has 1 aromatic carbocycles. The maximum Gasteiger partial charge on any atom is 1.00 e. The van der Waals surface area contributed by atoms with Gasteiger partial charge in [0.05, 0.1) is 5.56 Å². The van der Waals surface area contributed by atoms with Crippen molar-refractivity contribution in [1.82, 2.24) is 0 Å². The molecule has 26 heavy (non-hydrogen) atoms. The molecule has 16 heteroatoms. The summed E-state index contributed by atoms with van der Waals surface area (Å²) in [5.74, 6) is -9.99. The van der Waals surface area contributed by atoms with Gasteiger partial charge in [0.1, 0.15) is 11.6 Å². The number of alkyl halides is 8. The van der Waals surface area contributed by atoms with E-state index in [2.05, 4.69) is 0 Å². The van der Waals surface area contributed by atoms with Crippen LogP contribution in [0.2, 0.25) is 0 Å². The summed E-state index contributed by atoms with van der Waals surface area (Å²) in [5, 5.41) is -6.86. The molecule has 0 atom stereocenters. The Kier molecular flexibility index (Phi) is 7.81. The van der Waals surface area contributed by atoms with Crippen molar-refractivity contribution in [2.24, 2.45) is 0 Å². The Labute approximate surface area is 180 Å². The molecule has 0 amide bonds. The van der Waals surface area contributed by atoms with Gasteiger partial charge in [-0.05, 0) is 12.1 Å². The Morgan fingerprint density at radius 2 is 1.35 bits per heavy atom. The van der Waals surface area contributed by atoms with E-state index in [9.17, 15) is 56.9 Å². The molecular weight excluding hydrogens is 445 g/mol. The molecule has 0 saturated heterocycles. The molecule has 0 aliphatic rings. The standard InChI is InChI=1S/C10H4F10O4S.K/c11-4-1-2-5(6(12)3-4)7(13,14)8(15,16)24-9(17,18)10(19,20)25(21,22)23;/h1-3H,(H,21,22,23);/q;+1/p-1. The van der Waals surface area contributed by atoms with E-state index in [0.29, 0.717) is 0 Å². The molecule has 0 radical (unpaired) electrons. The van der Waals surface area contributed by atoms with E-state index >= 15 is 0 Å². The summed E-state index contributed by atoms with van der Waals surface area (Å²) in [6.07, 6.45) is -13.6. The van der Waals surface area contributed by atoms with Crippen LogP contribution in [0.25, 0.3) is 0 Å². The number of hydrogen-bond donors (Lipinski definition) is 0. The Balaban J connectivity index is 0.00000625. The first kappa shape index (κ1) is 26.0. The molecule has 0 spiro atoms. The Morgan fingerprint density at radius 3 is 1.73 bits per heavy atom. The first-order chi connectivity index (χ1) is 10.9. The van der Waals surface area contributed by atoms with Gasteiger partial charge < -0.3 is 4.55 Å². The van der Waals surface area contributed by atoms with Crippen molar-refractivity contribution >= 4 is 10.1 Å². The second kappa shape index (κ2) is 7.80. The van der Waals surface area contributed by atoms with Crippen LogP contribution in [0.1, 0.15) is 5.56 Å². The minimum atomic E-state index is -7.32. The molecule has 0 aliphatic heterocycles. The smallest absolute Gasteiger partial charge is 0.743 e. The minimum Gasteiger partial charge on any atom is -0.743 e. The number of halogens is 10. The molecule has 4 nitrogen and oxygen atoms in total. The van der Waals surface area contributed by atoms with Crippen molar-refractivity contribution in [2.75, 3.05) is 0 Å². The summed E-state index contributed by atoms with van der Waals surface area (Å²) in [6, 6.07) is -0.659. The molecular formula is C10H3F10KO4S. The summed E-state index contributed by atoms with van der Waals surface area (Å²) in [6.45, 7) is 0. The second-order valence-corrected chi connectivity index (χ2v) is 5.73. The summed E-state index contributed by atoms with van der Waals surface area (Å²) >= 11 is 0. The number of rotatable bonds is 6. The fourth-order valence-electron chi connectivity index (χ4n) is 1.33. The zero-order valence-electron chi connectivity index (χ0n) is 12.1. The van der Waals surface area contributed by atoms with Crippen LogP contribution in [0.15, 0.2) is 18.2 Å². The van der Waals surface area contributed by atoms with Gasteiger partial charge in [0.25, 0.3) is 0 Å². The topological polar surface area (TPSA) is 66.4 Å². The maximum absolute atomic E-state index is 13.5. The average Bonchev–Trinajstić information content (AvgIpc) is 2.34. The maximum atomic E-state index is 13.5. The van der Waals surface area contributed by atoms with Gasteiger partial charge >= 0.3 is 74.8 Å². The third kappa shape index (κ3) is 4.71. The number of benzene rings is 1. The van der Waals surface area contributed by atoms with E-state index in [1.165, 1.54) is 0 Å². The zero-order chi connectivity index (χ0) is 20.1.